The number of anilines is 1. The number of nitrogen functional groups attached to an aromatic ring is 1. The van der Waals surface area contributed by atoms with Gasteiger partial charge in [-0.05, 0) is 38.4 Å². The lowest BCUT2D eigenvalue weighted by atomic mass is 10.1. The molecule has 1 aliphatic rings. The van der Waals surface area contributed by atoms with Crippen LogP contribution in [-0.2, 0) is 0 Å². The van der Waals surface area contributed by atoms with Crippen molar-refractivity contribution >= 4 is 33.0 Å². The average Bonchev–Trinajstić information content (AvgIpc) is 3.24. The van der Waals surface area contributed by atoms with Gasteiger partial charge in [0.05, 0.1) is 5.69 Å². The molecule has 0 radical (unpaired) electrons. The van der Waals surface area contributed by atoms with Crippen molar-refractivity contribution in [3.05, 3.63) is 28.6 Å². The van der Waals surface area contributed by atoms with Crippen molar-refractivity contribution in [3.8, 4) is 0 Å². The number of likely N-dealkylation sites (N-methyl/N-ethyl adjacent to an activating group) is 1. The Bertz CT molecular complexity index is 675. The molecule has 0 spiro atoms. The van der Waals surface area contributed by atoms with E-state index in [-0.39, 0.29) is 5.91 Å². The first-order chi connectivity index (χ1) is 10.1. The number of nitrogens with two attached hydrogens (primary N) is 1. The van der Waals surface area contributed by atoms with Gasteiger partial charge in [0, 0.05) is 29.2 Å². The summed E-state index contributed by atoms with van der Waals surface area (Å²) >= 11 is 1.47. The summed E-state index contributed by atoms with van der Waals surface area (Å²) in [6.07, 6.45) is 2.57. The fourth-order valence-electron chi connectivity index (χ4n) is 2.52. The Kier molecular flexibility index (Phi) is 3.87. The highest BCUT2D eigenvalue weighted by atomic mass is 32.1. The normalized spacial score (nSPS) is 14.8. The van der Waals surface area contributed by atoms with Crippen LogP contribution in [0.1, 0.15) is 28.1 Å². The lowest BCUT2D eigenvalue weighted by molar-refractivity contribution is 0.0954. The number of aryl methyl sites for hydroxylation is 1. The van der Waals surface area contributed by atoms with Gasteiger partial charge in [0.1, 0.15) is 4.88 Å². The van der Waals surface area contributed by atoms with E-state index < -0.39 is 0 Å². The Balaban J connectivity index is 1.67. The summed E-state index contributed by atoms with van der Waals surface area (Å²) in [5, 5.41) is 3.96. The van der Waals surface area contributed by atoms with Crippen LogP contribution in [0.4, 0.5) is 5.69 Å². The largest absolute Gasteiger partial charge is 0.397 e. The van der Waals surface area contributed by atoms with Gasteiger partial charge in [-0.2, -0.15) is 0 Å². The zero-order valence-corrected chi connectivity index (χ0v) is 13.3. The molecule has 112 valence electrons. The maximum atomic E-state index is 12.3. The van der Waals surface area contributed by atoms with E-state index in [0.717, 1.165) is 22.7 Å². The van der Waals surface area contributed by atoms with Gasteiger partial charge in [-0.1, -0.05) is 12.1 Å². The Hall–Kier alpha value is -1.59. The molecule has 1 fully saturated rings. The number of carbonyl (C=O) groups excluding carboxylic acids is 1. The highest BCUT2D eigenvalue weighted by molar-refractivity contribution is 7.21. The van der Waals surface area contributed by atoms with Crippen molar-refractivity contribution in [2.45, 2.75) is 25.8 Å². The quantitative estimate of drug-likeness (QED) is 0.892. The van der Waals surface area contributed by atoms with Gasteiger partial charge in [0.15, 0.2) is 0 Å². The molecule has 4 nitrogen and oxygen atoms in total. The van der Waals surface area contributed by atoms with Crippen molar-refractivity contribution in [2.75, 3.05) is 25.9 Å². The molecule has 0 bridgehead atoms. The first kappa shape index (κ1) is 14.4. The summed E-state index contributed by atoms with van der Waals surface area (Å²) in [5.74, 6) is -0.0597. The predicted molar refractivity (Wildman–Crippen MR) is 89.0 cm³/mol. The van der Waals surface area contributed by atoms with E-state index in [0.29, 0.717) is 17.1 Å². The summed E-state index contributed by atoms with van der Waals surface area (Å²) in [7, 11) is 2.11. The molecule has 1 amide bonds. The number of nitrogens with one attached hydrogen (secondary N) is 1. The van der Waals surface area contributed by atoms with E-state index in [1.165, 1.54) is 29.7 Å². The SMILES string of the molecule is Cc1ccc2c(N)c(C(=O)NCCN(C)C3CC3)sc2c1. The highest BCUT2D eigenvalue weighted by Crippen LogP contribution is 2.34. The molecule has 5 heteroatoms. The molecule has 1 aliphatic carbocycles. The summed E-state index contributed by atoms with van der Waals surface area (Å²) in [5.41, 5.74) is 7.90. The molecule has 3 rings (SSSR count). The van der Waals surface area contributed by atoms with Crippen molar-refractivity contribution in [1.82, 2.24) is 10.2 Å². The molecule has 2 aromatic rings. The van der Waals surface area contributed by atoms with Crippen molar-refractivity contribution < 1.29 is 4.79 Å². The number of hydrogen-bond donors (Lipinski definition) is 2. The number of rotatable bonds is 5. The Labute approximate surface area is 128 Å². The maximum absolute atomic E-state index is 12.3. The smallest absolute Gasteiger partial charge is 0.263 e. The molecule has 0 saturated heterocycles. The van der Waals surface area contributed by atoms with E-state index in [1.807, 2.05) is 19.1 Å². The third-order valence-corrected chi connectivity index (χ3v) is 5.18. The number of amides is 1. The van der Waals surface area contributed by atoms with Gasteiger partial charge >= 0.3 is 0 Å². The minimum atomic E-state index is -0.0597. The monoisotopic (exact) mass is 303 g/mol. The fourth-order valence-corrected chi connectivity index (χ4v) is 3.65. The number of benzene rings is 1. The van der Waals surface area contributed by atoms with Crippen molar-refractivity contribution in [3.63, 3.8) is 0 Å². The van der Waals surface area contributed by atoms with Crippen molar-refractivity contribution in [1.29, 1.82) is 0 Å². The van der Waals surface area contributed by atoms with Crippen molar-refractivity contribution in [2.24, 2.45) is 0 Å². The van der Waals surface area contributed by atoms with Crippen LogP contribution in [-0.4, -0.2) is 37.0 Å². The molecule has 21 heavy (non-hydrogen) atoms. The number of thiophene rings is 1. The average molecular weight is 303 g/mol. The minimum Gasteiger partial charge on any atom is -0.397 e. The summed E-state index contributed by atoms with van der Waals surface area (Å²) < 4.78 is 1.08. The van der Waals surface area contributed by atoms with Gasteiger partial charge < -0.3 is 16.0 Å². The summed E-state index contributed by atoms with van der Waals surface area (Å²) in [4.78, 5) is 15.2. The van der Waals surface area contributed by atoms with E-state index >= 15 is 0 Å². The molecular weight excluding hydrogens is 282 g/mol. The van der Waals surface area contributed by atoms with Gasteiger partial charge in [-0.3, -0.25) is 4.79 Å². The second-order valence-electron chi connectivity index (χ2n) is 5.81. The van der Waals surface area contributed by atoms with Gasteiger partial charge in [-0.25, -0.2) is 0 Å². The van der Waals surface area contributed by atoms with E-state index in [2.05, 4.69) is 23.3 Å². The first-order valence-electron chi connectivity index (χ1n) is 7.33. The van der Waals surface area contributed by atoms with Crippen LogP contribution in [0.15, 0.2) is 18.2 Å². The van der Waals surface area contributed by atoms with Crippen LogP contribution >= 0.6 is 11.3 Å². The van der Waals surface area contributed by atoms with Crippen LogP contribution in [0.2, 0.25) is 0 Å². The molecule has 0 atom stereocenters. The molecule has 1 aromatic carbocycles. The zero-order valence-electron chi connectivity index (χ0n) is 12.5. The van der Waals surface area contributed by atoms with Gasteiger partial charge in [0.2, 0.25) is 0 Å². The fraction of sp³-hybridized carbons (Fsp3) is 0.438. The van der Waals surface area contributed by atoms with Crippen LogP contribution in [0.3, 0.4) is 0 Å². The Morgan fingerprint density at radius 1 is 1.48 bits per heavy atom. The minimum absolute atomic E-state index is 0.0597. The standard InChI is InChI=1S/C16H21N3OS/c1-10-3-6-12-13(9-10)21-15(14(12)17)16(20)18-7-8-19(2)11-4-5-11/h3,6,9,11H,4-5,7-8,17H2,1-2H3,(H,18,20). The molecule has 1 saturated carbocycles. The number of hydrogen-bond acceptors (Lipinski definition) is 4. The van der Waals surface area contributed by atoms with E-state index in [9.17, 15) is 4.79 Å². The number of fused-ring (bicyclic) bond motifs is 1. The topological polar surface area (TPSA) is 58.4 Å². The summed E-state index contributed by atoms with van der Waals surface area (Å²) in [6.45, 7) is 3.60. The van der Waals surface area contributed by atoms with E-state index in [4.69, 9.17) is 5.73 Å². The zero-order chi connectivity index (χ0) is 15.0. The maximum Gasteiger partial charge on any atom is 0.263 e. The summed E-state index contributed by atoms with van der Waals surface area (Å²) in [6, 6.07) is 6.82. The van der Waals surface area contributed by atoms with Gasteiger partial charge in [0.25, 0.3) is 5.91 Å². The first-order valence-corrected chi connectivity index (χ1v) is 8.15. The third-order valence-electron chi connectivity index (χ3n) is 4.01. The predicted octanol–water partition coefficient (Wildman–Crippen LogP) is 2.62. The highest BCUT2D eigenvalue weighted by Gasteiger charge is 2.25. The molecule has 1 aromatic heterocycles. The molecular formula is C16H21N3OS. The van der Waals surface area contributed by atoms with Crippen LogP contribution < -0.4 is 11.1 Å². The lowest BCUT2D eigenvalue weighted by Gasteiger charge is -2.15. The molecule has 1 heterocycles. The second-order valence-corrected chi connectivity index (χ2v) is 6.86. The van der Waals surface area contributed by atoms with Crippen LogP contribution in [0, 0.1) is 6.92 Å². The third kappa shape index (κ3) is 3.04. The Morgan fingerprint density at radius 2 is 2.24 bits per heavy atom. The lowest BCUT2D eigenvalue weighted by Crippen LogP contribution is -2.33. The van der Waals surface area contributed by atoms with Crippen LogP contribution in [0.25, 0.3) is 10.1 Å². The van der Waals surface area contributed by atoms with Crippen LogP contribution in [0.5, 0.6) is 0 Å². The molecule has 0 aliphatic heterocycles. The van der Waals surface area contributed by atoms with Gasteiger partial charge in [-0.15, -0.1) is 11.3 Å². The molecule has 0 unspecified atom stereocenters. The molecule has 3 N–H and O–H groups in total. The second kappa shape index (κ2) is 5.66. The number of nitrogens with zero attached hydrogens (tertiary/aromatic N) is 1. The number of carbonyl (C=O) groups is 1. The Morgan fingerprint density at radius 3 is 2.95 bits per heavy atom. The van der Waals surface area contributed by atoms with E-state index in [1.54, 1.807) is 0 Å².